The smallest absolute Gasteiger partial charge is 0.254 e. The predicted octanol–water partition coefficient (Wildman–Crippen LogP) is 1.81. The van der Waals surface area contributed by atoms with Crippen LogP contribution in [0.25, 0.3) is 0 Å². The number of ether oxygens (including phenoxy) is 1. The van der Waals surface area contributed by atoms with E-state index in [-0.39, 0.29) is 35.4 Å². The Hall–Kier alpha value is -2.89. The zero-order valence-electron chi connectivity index (χ0n) is 12.4. The molecule has 0 fully saturated rings. The van der Waals surface area contributed by atoms with Gasteiger partial charge >= 0.3 is 0 Å². The van der Waals surface area contributed by atoms with Gasteiger partial charge in [0.05, 0.1) is 12.2 Å². The van der Waals surface area contributed by atoms with Crippen LogP contribution in [0.2, 0.25) is 0 Å². The summed E-state index contributed by atoms with van der Waals surface area (Å²) in [6, 6.07) is 9.18. The SMILES string of the molecule is CNC(=O)c1cc(C(N)=O)cc2c1OCC2c1cccc(F)c1. The maximum absolute atomic E-state index is 13.5. The summed E-state index contributed by atoms with van der Waals surface area (Å²) in [6.07, 6.45) is 0. The molecule has 1 atom stereocenters. The second-order valence-corrected chi connectivity index (χ2v) is 5.30. The van der Waals surface area contributed by atoms with Gasteiger partial charge in [-0.15, -0.1) is 0 Å². The van der Waals surface area contributed by atoms with Crippen molar-refractivity contribution in [3.8, 4) is 5.75 Å². The normalized spacial score (nSPS) is 15.7. The fraction of sp³-hybridized carbons (Fsp3) is 0.176. The van der Waals surface area contributed by atoms with Crippen molar-refractivity contribution < 1.29 is 18.7 Å². The van der Waals surface area contributed by atoms with Crippen LogP contribution in [0.4, 0.5) is 4.39 Å². The lowest BCUT2D eigenvalue weighted by atomic mass is 9.90. The number of carbonyl (C=O) groups excluding carboxylic acids is 2. The van der Waals surface area contributed by atoms with Crippen LogP contribution < -0.4 is 15.8 Å². The number of halogens is 1. The summed E-state index contributed by atoms with van der Waals surface area (Å²) in [6.45, 7) is 0.269. The Balaban J connectivity index is 2.16. The predicted molar refractivity (Wildman–Crippen MR) is 82.1 cm³/mol. The Kier molecular flexibility index (Phi) is 3.73. The fourth-order valence-corrected chi connectivity index (χ4v) is 2.77. The molecule has 1 aliphatic rings. The van der Waals surface area contributed by atoms with Crippen LogP contribution in [-0.2, 0) is 0 Å². The molecule has 1 heterocycles. The molecule has 0 spiro atoms. The summed E-state index contributed by atoms with van der Waals surface area (Å²) >= 11 is 0. The maximum Gasteiger partial charge on any atom is 0.254 e. The van der Waals surface area contributed by atoms with E-state index in [1.807, 2.05) is 0 Å². The Morgan fingerprint density at radius 3 is 2.74 bits per heavy atom. The number of nitrogens with one attached hydrogen (secondary N) is 1. The second-order valence-electron chi connectivity index (χ2n) is 5.30. The van der Waals surface area contributed by atoms with Crippen LogP contribution in [0.3, 0.4) is 0 Å². The van der Waals surface area contributed by atoms with E-state index in [0.717, 1.165) is 0 Å². The molecular formula is C17H15FN2O3. The van der Waals surface area contributed by atoms with Gasteiger partial charge in [0.25, 0.3) is 5.91 Å². The van der Waals surface area contributed by atoms with Gasteiger partial charge in [-0.1, -0.05) is 12.1 Å². The lowest BCUT2D eigenvalue weighted by molar-refractivity contribution is 0.0960. The summed E-state index contributed by atoms with van der Waals surface area (Å²) in [7, 11) is 1.49. The first-order valence-corrected chi connectivity index (χ1v) is 7.09. The standard InChI is InChI=1S/C17H15FN2O3/c1-20-17(22)13-7-10(16(19)21)6-12-14(8-23-15(12)13)9-3-2-4-11(18)5-9/h2-7,14H,8H2,1H3,(H2,19,21)(H,20,22). The molecule has 118 valence electrons. The molecule has 2 aromatic carbocycles. The van der Waals surface area contributed by atoms with Crippen molar-refractivity contribution in [3.05, 3.63) is 64.5 Å². The van der Waals surface area contributed by atoms with Gasteiger partial charge in [-0.25, -0.2) is 4.39 Å². The van der Waals surface area contributed by atoms with E-state index in [2.05, 4.69) is 5.32 Å². The summed E-state index contributed by atoms with van der Waals surface area (Å²) in [4.78, 5) is 23.6. The molecule has 3 rings (SSSR count). The summed E-state index contributed by atoms with van der Waals surface area (Å²) in [5, 5.41) is 2.51. The molecule has 0 aromatic heterocycles. The number of primary amides is 1. The minimum Gasteiger partial charge on any atom is -0.491 e. The first kappa shape index (κ1) is 15.0. The third-order valence-corrected chi connectivity index (χ3v) is 3.89. The van der Waals surface area contributed by atoms with E-state index in [0.29, 0.717) is 16.9 Å². The molecule has 0 saturated carbocycles. The molecule has 3 N–H and O–H groups in total. The minimum absolute atomic E-state index is 0.217. The number of nitrogens with two attached hydrogens (primary N) is 1. The van der Waals surface area contributed by atoms with E-state index >= 15 is 0 Å². The van der Waals surface area contributed by atoms with Gasteiger partial charge in [0.1, 0.15) is 11.6 Å². The number of hydrogen-bond donors (Lipinski definition) is 2. The van der Waals surface area contributed by atoms with Gasteiger partial charge in [0.15, 0.2) is 0 Å². The lowest BCUT2D eigenvalue weighted by Gasteiger charge is -2.11. The average Bonchev–Trinajstić information content (AvgIpc) is 2.97. The number of rotatable bonds is 3. The molecular weight excluding hydrogens is 299 g/mol. The van der Waals surface area contributed by atoms with Gasteiger partial charge in [-0.3, -0.25) is 9.59 Å². The topological polar surface area (TPSA) is 81.4 Å². The highest BCUT2D eigenvalue weighted by molar-refractivity contribution is 6.02. The highest BCUT2D eigenvalue weighted by Crippen LogP contribution is 2.41. The molecule has 2 amide bonds. The van der Waals surface area contributed by atoms with Gasteiger partial charge < -0.3 is 15.8 Å². The second kappa shape index (κ2) is 5.72. The molecule has 0 bridgehead atoms. The quantitative estimate of drug-likeness (QED) is 0.906. The van der Waals surface area contributed by atoms with E-state index in [4.69, 9.17) is 10.5 Å². The largest absolute Gasteiger partial charge is 0.491 e. The molecule has 5 nitrogen and oxygen atoms in total. The van der Waals surface area contributed by atoms with Gasteiger partial charge in [0.2, 0.25) is 5.91 Å². The van der Waals surface area contributed by atoms with Gasteiger partial charge in [-0.2, -0.15) is 0 Å². The van der Waals surface area contributed by atoms with Crippen LogP contribution in [0.15, 0.2) is 36.4 Å². The van der Waals surface area contributed by atoms with Crippen molar-refractivity contribution in [2.75, 3.05) is 13.7 Å². The summed E-state index contributed by atoms with van der Waals surface area (Å²) < 4.78 is 19.1. The number of fused-ring (bicyclic) bond motifs is 1. The number of carbonyl (C=O) groups is 2. The van der Waals surface area contributed by atoms with Crippen LogP contribution in [0.1, 0.15) is 37.8 Å². The maximum atomic E-state index is 13.5. The zero-order chi connectivity index (χ0) is 16.6. The van der Waals surface area contributed by atoms with E-state index in [1.54, 1.807) is 18.2 Å². The average molecular weight is 314 g/mol. The molecule has 6 heteroatoms. The van der Waals surface area contributed by atoms with E-state index < -0.39 is 5.91 Å². The van der Waals surface area contributed by atoms with Crippen molar-refractivity contribution in [1.82, 2.24) is 5.32 Å². The lowest BCUT2D eigenvalue weighted by Crippen LogP contribution is -2.20. The number of benzene rings is 2. The Labute approximate surface area is 132 Å². The van der Waals surface area contributed by atoms with E-state index in [1.165, 1.54) is 25.2 Å². The van der Waals surface area contributed by atoms with Gasteiger partial charge in [0, 0.05) is 24.1 Å². The third-order valence-electron chi connectivity index (χ3n) is 3.89. The van der Waals surface area contributed by atoms with Crippen molar-refractivity contribution >= 4 is 11.8 Å². The molecule has 0 radical (unpaired) electrons. The molecule has 0 aliphatic carbocycles. The van der Waals surface area contributed by atoms with Crippen molar-refractivity contribution in [2.24, 2.45) is 5.73 Å². The Morgan fingerprint density at radius 1 is 1.30 bits per heavy atom. The summed E-state index contributed by atoms with van der Waals surface area (Å²) in [5.74, 6) is -1.22. The van der Waals surface area contributed by atoms with Crippen molar-refractivity contribution in [3.63, 3.8) is 0 Å². The molecule has 2 aromatic rings. The van der Waals surface area contributed by atoms with Gasteiger partial charge in [-0.05, 0) is 29.8 Å². The molecule has 1 unspecified atom stereocenters. The van der Waals surface area contributed by atoms with Crippen molar-refractivity contribution in [2.45, 2.75) is 5.92 Å². The Morgan fingerprint density at radius 2 is 2.09 bits per heavy atom. The molecule has 23 heavy (non-hydrogen) atoms. The van der Waals surface area contributed by atoms with Crippen molar-refractivity contribution in [1.29, 1.82) is 0 Å². The first-order valence-electron chi connectivity index (χ1n) is 7.09. The van der Waals surface area contributed by atoms with Crippen LogP contribution in [0.5, 0.6) is 5.75 Å². The summed E-state index contributed by atoms with van der Waals surface area (Å²) in [5.41, 5.74) is 7.19. The zero-order valence-corrected chi connectivity index (χ0v) is 12.4. The van der Waals surface area contributed by atoms with Crippen LogP contribution in [0, 0.1) is 5.82 Å². The number of hydrogen-bond acceptors (Lipinski definition) is 3. The molecule has 1 aliphatic heterocycles. The fourth-order valence-electron chi connectivity index (χ4n) is 2.77. The number of amides is 2. The highest BCUT2D eigenvalue weighted by atomic mass is 19.1. The third kappa shape index (κ3) is 2.63. The van der Waals surface area contributed by atoms with E-state index in [9.17, 15) is 14.0 Å². The highest BCUT2D eigenvalue weighted by Gasteiger charge is 2.31. The van der Waals surface area contributed by atoms with Crippen LogP contribution in [-0.4, -0.2) is 25.5 Å². The monoisotopic (exact) mass is 314 g/mol. The first-order chi connectivity index (χ1) is 11.0. The Bertz CT molecular complexity index is 804. The minimum atomic E-state index is -0.636. The molecule has 0 saturated heterocycles. The van der Waals surface area contributed by atoms with Crippen LogP contribution >= 0.6 is 0 Å².